The second kappa shape index (κ2) is 8.54. The van der Waals surface area contributed by atoms with E-state index in [0.717, 1.165) is 41.5 Å². The van der Waals surface area contributed by atoms with Gasteiger partial charge in [-0.05, 0) is 45.1 Å². The van der Waals surface area contributed by atoms with Crippen LogP contribution in [0.1, 0.15) is 38.2 Å². The minimum absolute atomic E-state index is 0.145. The average Bonchev–Trinajstić information content (AvgIpc) is 3.02. The number of carbonyl (C=O) groups excluding carboxylic acids is 1. The van der Waals surface area contributed by atoms with Crippen LogP contribution < -0.4 is 0 Å². The van der Waals surface area contributed by atoms with E-state index in [1.807, 2.05) is 41.6 Å². The van der Waals surface area contributed by atoms with Gasteiger partial charge in [-0.1, -0.05) is 42.1 Å². The van der Waals surface area contributed by atoms with Gasteiger partial charge in [0.2, 0.25) is 5.91 Å². The fourth-order valence-electron chi connectivity index (χ4n) is 3.31. The number of benzene rings is 1. The number of aryl methyl sites for hydroxylation is 1. The molecule has 0 aliphatic heterocycles. The van der Waals surface area contributed by atoms with Gasteiger partial charge in [-0.2, -0.15) is 0 Å². The average molecular weight is 371 g/mol. The van der Waals surface area contributed by atoms with Gasteiger partial charge >= 0.3 is 0 Å². The van der Waals surface area contributed by atoms with E-state index in [-0.39, 0.29) is 5.91 Å². The van der Waals surface area contributed by atoms with Crippen LogP contribution in [0.25, 0.3) is 11.4 Å². The van der Waals surface area contributed by atoms with Crippen molar-refractivity contribution >= 4 is 17.7 Å². The molecular formula is C20H26N4OS. The molecule has 0 saturated heterocycles. The maximum atomic E-state index is 12.7. The van der Waals surface area contributed by atoms with Crippen molar-refractivity contribution < 1.29 is 4.79 Å². The molecule has 2 aromatic rings. The number of rotatable bonds is 6. The lowest BCUT2D eigenvalue weighted by atomic mass is 10.0. The molecule has 0 saturated carbocycles. The Morgan fingerprint density at radius 3 is 2.77 bits per heavy atom. The first-order valence-electron chi connectivity index (χ1n) is 9.19. The van der Waals surface area contributed by atoms with Crippen LogP contribution in [0.4, 0.5) is 0 Å². The van der Waals surface area contributed by atoms with Crippen molar-refractivity contribution in [1.82, 2.24) is 19.7 Å². The highest BCUT2D eigenvalue weighted by atomic mass is 32.2. The molecule has 1 amide bonds. The normalized spacial score (nSPS) is 14.2. The number of thioether (sulfide) groups is 1. The number of hydrogen-bond donors (Lipinski definition) is 0. The number of allylic oxidation sites excluding steroid dienone is 2. The van der Waals surface area contributed by atoms with Crippen LogP contribution in [0.5, 0.6) is 0 Å². The van der Waals surface area contributed by atoms with Crippen molar-refractivity contribution in [3.05, 3.63) is 41.6 Å². The van der Waals surface area contributed by atoms with E-state index < -0.39 is 0 Å². The Labute approximate surface area is 159 Å². The molecule has 0 atom stereocenters. The van der Waals surface area contributed by atoms with Crippen LogP contribution in [0.3, 0.4) is 0 Å². The smallest absolute Gasteiger partial charge is 0.237 e. The lowest BCUT2D eigenvalue weighted by molar-refractivity contribution is -0.126. The minimum atomic E-state index is 0.145. The van der Waals surface area contributed by atoms with Crippen LogP contribution >= 0.6 is 11.8 Å². The van der Waals surface area contributed by atoms with Crippen LogP contribution in [0, 0.1) is 6.92 Å². The molecule has 0 spiro atoms. The molecule has 0 N–H and O–H groups in total. The summed E-state index contributed by atoms with van der Waals surface area (Å²) in [7, 11) is 1.95. The van der Waals surface area contributed by atoms with Gasteiger partial charge in [0.15, 0.2) is 11.0 Å². The molecule has 6 heteroatoms. The highest BCUT2D eigenvalue weighted by Gasteiger charge is 2.20. The third kappa shape index (κ3) is 4.01. The fourth-order valence-corrected chi connectivity index (χ4v) is 4.10. The van der Waals surface area contributed by atoms with E-state index in [1.54, 1.807) is 0 Å². The number of hydrogen-bond acceptors (Lipinski definition) is 4. The van der Waals surface area contributed by atoms with E-state index in [4.69, 9.17) is 0 Å². The molecule has 3 rings (SSSR count). The number of nitrogens with zero attached hydrogens (tertiary/aromatic N) is 4. The Morgan fingerprint density at radius 1 is 1.27 bits per heavy atom. The lowest BCUT2D eigenvalue weighted by Gasteiger charge is -2.26. The third-order valence-electron chi connectivity index (χ3n) is 4.78. The maximum absolute atomic E-state index is 12.7. The summed E-state index contributed by atoms with van der Waals surface area (Å²) < 4.78 is 1.97. The predicted octanol–water partition coefficient (Wildman–Crippen LogP) is 4.19. The van der Waals surface area contributed by atoms with Gasteiger partial charge in [0.1, 0.15) is 0 Å². The number of aromatic nitrogens is 3. The Hall–Kier alpha value is -2.08. The molecule has 1 aliphatic carbocycles. The minimum Gasteiger partial charge on any atom is -0.316 e. The van der Waals surface area contributed by atoms with Crippen LogP contribution in [0.2, 0.25) is 0 Å². The van der Waals surface area contributed by atoms with Crippen molar-refractivity contribution in [2.24, 2.45) is 7.05 Å². The van der Waals surface area contributed by atoms with Gasteiger partial charge in [0.25, 0.3) is 0 Å². The highest BCUT2D eigenvalue weighted by molar-refractivity contribution is 7.99. The van der Waals surface area contributed by atoms with Crippen molar-refractivity contribution in [3.8, 4) is 11.4 Å². The summed E-state index contributed by atoms with van der Waals surface area (Å²) in [5.41, 5.74) is 3.42. The molecule has 26 heavy (non-hydrogen) atoms. The molecule has 1 aliphatic rings. The molecular weight excluding hydrogens is 344 g/mol. The monoisotopic (exact) mass is 370 g/mol. The second-order valence-corrected chi connectivity index (χ2v) is 7.49. The van der Waals surface area contributed by atoms with Crippen molar-refractivity contribution in [1.29, 1.82) is 0 Å². The molecule has 5 nitrogen and oxygen atoms in total. The largest absolute Gasteiger partial charge is 0.316 e. The van der Waals surface area contributed by atoms with Gasteiger partial charge in [-0.25, -0.2) is 0 Å². The number of carbonyl (C=O) groups is 1. The molecule has 1 aromatic carbocycles. The lowest BCUT2D eigenvalue weighted by Crippen LogP contribution is -2.32. The third-order valence-corrected chi connectivity index (χ3v) is 5.78. The van der Waals surface area contributed by atoms with Gasteiger partial charge < -0.3 is 9.47 Å². The zero-order chi connectivity index (χ0) is 18.5. The summed E-state index contributed by atoms with van der Waals surface area (Å²) in [5.74, 6) is 1.36. The second-order valence-electron chi connectivity index (χ2n) is 6.55. The first-order valence-corrected chi connectivity index (χ1v) is 10.2. The quantitative estimate of drug-likeness (QED) is 0.716. The van der Waals surface area contributed by atoms with Gasteiger partial charge in [-0.15, -0.1) is 10.2 Å². The molecule has 0 radical (unpaired) electrons. The molecule has 0 unspecified atom stereocenters. The van der Waals surface area contributed by atoms with Crippen molar-refractivity contribution in [2.45, 2.75) is 44.7 Å². The summed E-state index contributed by atoms with van der Waals surface area (Å²) in [5, 5.41) is 9.40. The van der Waals surface area contributed by atoms with Crippen LogP contribution in [-0.4, -0.2) is 37.9 Å². The van der Waals surface area contributed by atoms with Crippen molar-refractivity contribution in [3.63, 3.8) is 0 Å². The summed E-state index contributed by atoms with van der Waals surface area (Å²) in [6.07, 6.45) is 6.70. The first kappa shape index (κ1) is 18.7. The van der Waals surface area contributed by atoms with E-state index in [0.29, 0.717) is 5.75 Å². The zero-order valence-electron chi connectivity index (χ0n) is 15.7. The molecule has 0 bridgehead atoms. The molecule has 0 fully saturated rings. The Bertz CT molecular complexity index is 812. The Morgan fingerprint density at radius 2 is 2.08 bits per heavy atom. The van der Waals surface area contributed by atoms with Crippen LogP contribution in [-0.2, 0) is 11.8 Å². The molecule has 1 aromatic heterocycles. The standard InChI is InChI=1S/C20H26N4OS/c1-4-24(16-11-6-5-7-12-16)18(25)14-26-20-22-21-19(23(20)3)17-13-9-8-10-15(17)2/h8-11,13H,4-7,12,14H2,1-3H3. The number of amides is 1. The molecule has 138 valence electrons. The van der Waals surface area contributed by atoms with E-state index in [9.17, 15) is 4.79 Å². The predicted molar refractivity (Wildman–Crippen MR) is 106 cm³/mol. The maximum Gasteiger partial charge on any atom is 0.237 e. The fraction of sp³-hybridized carbons (Fsp3) is 0.450. The van der Waals surface area contributed by atoms with Crippen LogP contribution in [0.15, 0.2) is 41.2 Å². The van der Waals surface area contributed by atoms with E-state index in [1.165, 1.54) is 30.3 Å². The van der Waals surface area contributed by atoms with E-state index >= 15 is 0 Å². The first-order chi connectivity index (χ1) is 12.6. The summed E-state index contributed by atoms with van der Waals surface area (Å²) in [6, 6.07) is 8.14. The molecule has 1 heterocycles. The Balaban J connectivity index is 1.69. The zero-order valence-corrected chi connectivity index (χ0v) is 16.6. The summed E-state index contributed by atoms with van der Waals surface area (Å²) in [6.45, 7) is 4.83. The van der Waals surface area contributed by atoms with Gasteiger partial charge in [-0.3, -0.25) is 4.79 Å². The Kier molecular flexibility index (Phi) is 6.14. The van der Waals surface area contributed by atoms with Gasteiger partial charge in [0.05, 0.1) is 5.75 Å². The summed E-state index contributed by atoms with van der Waals surface area (Å²) in [4.78, 5) is 14.6. The van der Waals surface area contributed by atoms with E-state index in [2.05, 4.69) is 29.3 Å². The topological polar surface area (TPSA) is 51.0 Å². The highest BCUT2D eigenvalue weighted by Crippen LogP contribution is 2.26. The SMILES string of the molecule is CCN(C(=O)CSc1nnc(-c2ccccc2C)n1C)C1=CCCCC1. The summed E-state index contributed by atoms with van der Waals surface area (Å²) >= 11 is 1.46. The van der Waals surface area contributed by atoms with Crippen molar-refractivity contribution in [2.75, 3.05) is 12.3 Å². The van der Waals surface area contributed by atoms with Gasteiger partial charge in [0, 0.05) is 24.9 Å².